The van der Waals surface area contributed by atoms with Crippen molar-refractivity contribution < 1.29 is 19.4 Å². The first-order valence-electron chi connectivity index (χ1n) is 6.32. The van der Waals surface area contributed by atoms with Crippen LogP contribution in [0.15, 0.2) is 12.5 Å². The fourth-order valence-corrected chi connectivity index (χ4v) is 1.66. The molecule has 0 saturated carbocycles. The first kappa shape index (κ1) is 16.0. The lowest BCUT2D eigenvalue weighted by atomic mass is 10.1. The molecule has 112 valence electrons. The number of imidazole rings is 1. The molecule has 0 fully saturated rings. The molecule has 0 aliphatic rings. The number of carbonyl (C=O) groups excluding carboxylic acids is 1. The van der Waals surface area contributed by atoms with E-state index in [-0.39, 0.29) is 12.5 Å². The Bertz CT molecular complexity index is 421. The Balaban J connectivity index is 2.52. The average Bonchev–Trinajstić information content (AvgIpc) is 2.90. The number of methoxy groups -OCH3 is 1. The molecule has 4 N–H and O–H groups in total. The van der Waals surface area contributed by atoms with Gasteiger partial charge in [-0.2, -0.15) is 0 Å². The number of nitrogens with zero attached hydrogens (tertiary/aromatic N) is 1. The molecule has 0 radical (unpaired) electrons. The van der Waals surface area contributed by atoms with Crippen LogP contribution < -0.4 is 10.6 Å². The first-order chi connectivity index (χ1) is 9.56. The Morgan fingerprint density at radius 3 is 2.75 bits per heavy atom. The third kappa shape index (κ3) is 5.27. The topological polar surface area (TPSA) is 116 Å². The highest BCUT2D eigenvalue weighted by Gasteiger charge is 2.22. The van der Waals surface area contributed by atoms with Crippen LogP contribution in [0, 0.1) is 0 Å². The zero-order valence-corrected chi connectivity index (χ0v) is 11.5. The van der Waals surface area contributed by atoms with Crippen LogP contribution in [0.2, 0.25) is 0 Å². The van der Waals surface area contributed by atoms with Crippen molar-refractivity contribution in [3.63, 3.8) is 0 Å². The monoisotopic (exact) mass is 284 g/mol. The second-order valence-electron chi connectivity index (χ2n) is 4.35. The van der Waals surface area contributed by atoms with Gasteiger partial charge in [0.05, 0.1) is 19.0 Å². The summed E-state index contributed by atoms with van der Waals surface area (Å²) in [6.45, 7) is 2.28. The molecule has 1 aromatic rings. The fourth-order valence-electron chi connectivity index (χ4n) is 1.66. The van der Waals surface area contributed by atoms with E-state index in [9.17, 15) is 9.59 Å². The quantitative estimate of drug-likeness (QED) is 0.541. The van der Waals surface area contributed by atoms with E-state index in [0.717, 1.165) is 0 Å². The molecule has 0 saturated heterocycles. The van der Waals surface area contributed by atoms with Crippen molar-refractivity contribution in [3.8, 4) is 0 Å². The summed E-state index contributed by atoms with van der Waals surface area (Å²) >= 11 is 0. The molecule has 2 amide bonds. The van der Waals surface area contributed by atoms with Crippen LogP contribution in [0.3, 0.4) is 0 Å². The number of nitrogens with one attached hydrogen (secondary N) is 3. The maximum atomic E-state index is 11.8. The predicted molar refractivity (Wildman–Crippen MR) is 71.3 cm³/mol. The van der Waals surface area contributed by atoms with Crippen LogP contribution >= 0.6 is 0 Å². The highest BCUT2D eigenvalue weighted by Crippen LogP contribution is 1.99. The molecule has 0 aromatic carbocycles. The van der Waals surface area contributed by atoms with E-state index in [4.69, 9.17) is 9.84 Å². The van der Waals surface area contributed by atoms with Gasteiger partial charge in [0, 0.05) is 25.4 Å². The molecular weight excluding hydrogens is 264 g/mol. The summed E-state index contributed by atoms with van der Waals surface area (Å²) in [6, 6.07) is -1.70. The largest absolute Gasteiger partial charge is 0.480 e. The SMILES string of the molecule is CCC(COC)NC(=O)N[C@H](Cc1cnc[nH]1)C(=O)O. The molecule has 0 spiro atoms. The zero-order valence-electron chi connectivity index (χ0n) is 11.5. The number of urea groups is 1. The smallest absolute Gasteiger partial charge is 0.326 e. The second kappa shape index (κ2) is 8.16. The van der Waals surface area contributed by atoms with Gasteiger partial charge in [-0.15, -0.1) is 0 Å². The number of ether oxygens (including phenoxy) is 1. The van der Waals surface area contributed by atoms with Gasteiger partial charge < -0.3 is 25.5 Å². The van der Waals surface area contributed by atoms with Crippen molar-refractivity contribution in [2.45, 2.75) is 31.8 Å². The number of rotatable bonds is 8. The van der Waals surface area contributed by atoms with Crippen molar-refractivity contribution in [1.82, 2.24) is 20.6 Å². The van der Waals surface area contributed by atoms with Crippen molar-refractivity contribution in [3.05, 3.63) is 18.2 Å². The van der Waals surface area contributed by atoms with E-state index >= 15 is 0 Å². The maximum absolute atomic E-state index is 11.8. The van der Waals surface area contributed by atoms with Gasteiger partial charge in [0.1, 0.15) is 6.04 Å². The summed E-state index contributed by atoms with van der Waals surface area (Å²) in [5.74, 6) is -1.10. The van der Waals surface area contributed by atoms with Gasteiger partial charge in [-0.1, -0.05) is 6.92 Å². The minimum atomic E-state index is -1.10. The Morgan fingerprint density at radius 2 is 2.25 bits per heavy atom. The summed E-state index contributed by atoms with van der Waals surface area (Å²) in [5, 5.41) is 14.2. The van der Waals surface area contributed by atoms with Crippen LogP contribution in [0.5, 0.6) is 0 Å². The van der Waals surface area contributed by atoms with E-state index in [0.29, 0.717) is 18.7 Å². The maximum Gasteiger partial charge on any atom is 0.326 e. The van der Waals surface area contributed by atoms with Crippen LogP contribution in [0.1, 0.15) is 19.0 Å². The van der Waals surface area contributed by atoms with Gasteiger partial charge in [0.15, 0.2) is 0 Å². The lowest BCUT2D eigenvalue weighted by Gasteiger charge is -2.19. The van der Waals surface area contributed by atoms with Crippen LogP contribution in [0.4, 0.5) is 4.79 Å². The lowest BCUT2D eigenvalue weighted by Crippen LogP contribution is -2.50. The molecule has 2 atom stereocenters. The number of aromatic amines is 1. The molecule has 1 unspecified atom stereocenters. The molecule has 0 aliphatic carbocycles. The molecule has 1 rings (SSSR count). The number of hydrogen-bond acceptors (Lipinski definition) is 4. The summed E-state index contributed by atoms with van der Waals surface area (Å²) in [4.78, 5) is 29.5. The van der Waals surface area contributed by atoms with Crippen LogP contribution in [0.25, 0.3) is 0 Å². The number of aliphatic carboxylic acids is 1. The van der Waals surface area contributed by atoms with Crippen LogP contribution in [-0.2, 0) is 16.0 Å². The molecule has 8 heteroatoms. The molecule has 8 nitrogen and oxygen atoms in total. The predicted octanol–water partition coefficient (Wildman–Crippen LogP) is 0.130. The molecular formula is C12H20N4O4. The molecule has 0 aliphatic heterocycles. The summed E-state index contributed by atoms with van der Waals surface area (Å²) in [7, 11) is 1.54. The van der Waals surface area contributed by atoms with Crippen LogP contribution in [-0.4, -0.2) is 52.9 Å². The normalized spacial score (nSPS) is 13.5. The van der Waals surface area contributed by atoms with Crippen molar-refractivity contribution in [1.29, 1.82) is 0 Å². The van der Waals surface area contributed by atoms with E-state index in [1.165, 1.54) is 12.5 Å². The summed E-state index contributed by atoms with van der Waals surface area (Å²) in [6.07, 6.45) is 3.82. The second-order valence-corrected chi connectivity index (χ2v) is 4.35. The van der Waals surface area contributed by atoms with Crippen molar-refractivity contribution in [2.24, 2.45) is 0 Å². The lowest BCUT2D eigenvalue weighted by molar-refractivity contribution is -0.139. The zero-order chi connectivity index (χ0) is 15.0. The number of hydrogen-bond donors (Lipinski definition) is 4. The summed E-state index contributed by atoms with van der Waals surface area (Å²) < 4.78 is 4.96. The van der Waals surface area contributed by atoms with E-state index < -0.39 is 18.0 Å². The first-order valence-corrected chi connectivity index (χ1v) is 6.32. The van der Waals surface area contributed by atoms with Gasteiger partial charge in [-0.25, -0.2) is 14.6 Å². The van der Waals surface area contributed by atoms with E-state index in [1.54, 1.807) is 7.11 Å². The minimum absolute atomic E-state index is 0.143. The molecule has 20 heavy (non-hydrogen) atoms. The number of carbonyl (C=O) groups is 2. The Kier molecular flexibility index (Phi) is 6.51. The highest BCUT2D eigenvalue weighted by molar-refractivity contribution is 5.82. The minimum Gasteiger partial charge on any atom is -0.480 e. The van der Waals surface area contributed by atoms with Crippen molar-refractivity contribution in [2.75, 3.05) is 13.7 Å². The third-order valence-electron chi connectivity index (χ3n) is 2.78. The molecule has 1 heterocycles. The molecule has 0 bridgehead atoms. The Hall–Kier alpha value is -2.09. The third-order valence-corrected chi connectivity index (χ3v) is 2.78. The van der Waals surface area contributed by atoms with Gasteiger partial charge in [0.2, 0.25) is 0 Å². The van der Waals surface area contributed by atoms with E-state index in [2.05, 4.69) is 20.6 Å². The van der Waals surface area contributed by atoms with E-state index in [1.807, 2.05) is 6.92 Å². The number of carboxylic acids is 1. The fraction of sp³-hybridized carbons (Fsp3) is 0.583. The van der Waals surface area contributed by atoms with Gasteiger partial charge in [0.25, 0.3) is 0 Å². The van der Waals surface area contributed by atoms with Gasteiger partial charge >= 0.3 is 12.0 Å². The average molecular weight is 284 g/mol. The Labute approximate surface area is 116 Å². The number of aromatic nitrogens is 2. The number of amides is 2. The van der Waals surface area contributed by atoms with Gasteiger partial charge in [-0.05, 0) is 6.42 Å². The Morgan fingerprint density at radius 1 is 1.50 bits per heavy atom. The number of H-pyrrole nitrogens is 1. The summed E-state index contributed by atoms with van der Waals surface area (Å²) in [5.41, 5.74) is 0.640. The van der Waals surface area contributed by atoms with Gasteiger partial charge in [-0.3, -0.25) is 0 Å². The van der Waals surface area contributed by atoms with Crippen molar-refractivity contribution >= 4 is 12.0 Å². The molecule has 1 aromatic heterocycles. The standard InChI is InChI=1S/C12H20N4O4/c1-3-8(6-20-2)15-12(19)16-10(11(17)18)4-9-5-13-7-14-9/h5,7-8,10H,3-4,6H2,1-2H3,(H,13,14)(H,17,18)(H2,15,16,19)/t8?,10-/m1/s1. The number of carboxylic acid groups (broad SMARTS) is 1. The highest BCUT2D eigenvalue weighted by atomic mass is 16.5.